The standard InChI is InChI=1S/C29H40N4O6/c34-26(12-5-1-2-6-13-27(35)32-38)31-30-20-22-16-18-23(19-17-22)21-33-24-10-9-11-25(24)39-29(37)15-8-4-3-7-14-28(33)36/h3-4,16-20,24-25,38H,1-2,5-15,21H2,(H,31,34)(H,32,35)/b4-3+,30-20+/t24-,25-/m0/s1. The summed E-state index contributed by atoms with van der Waals surface area (Å²) in [6.45, 7) is 0.445. The van der Waals surface area contributed by atoms with Crippen LogP contribution in [0.5, 0.6) is 0 Å². The highest BCUT2D eigenvalue weighted by atomic mass is 16.5. The van der Waals surface area contributed by atoms with Gasteiger partial charge >= 0.3 is 5.97 Å². The molecule has 2 aliphatic rings. The van der Waals surface area contributed by atoms with E-state index in [2.05, 4.69) is 10.5 Å². The van der Waals surface area contributed by atoms with E-state index in [9.17, 15) is 19.2 Å². The van der Waals surface area contributed by atoms with Gasteiger partial charge in [0.05, 0.1) is 12.3 Å². The summed E-state index contributed by atoms with van der Waals surface area (Å²) in [4.78, 5) is 50.2. The SMILES string of the molecule is O=C(CCCCCCC(=O)N/N=C/c1ccc(CN2C(=O)CC/C=C/CCC(=O)O[C@H]3CCC[C@@H]32)cc1)NO. The minimum Gasteiger partial charge on any atom is -0.460 e. The van der Waals surface area contributed by atoms with E-state index >= 15 is 0 Å². The van der Waals surface area contributed by atoms with Crippen molar-refractivity contribution >= 4 is 29.9 Å². The first kappa shape index (κ1) is 30.0. The van der Waals surface area contributed by atoms with E-state index in [1.165, 1.54) is 0 Å². The van der Waals surface area contributed by atoms with Gasteiger partial charge < -0.3 is 9.64 Å². The number of hydrogen-bond donors (Lipinski definition) is 3. The van der Waals surface area contributed by atoms with Crippen LogP contribution < -0.4 is 10.9 Å². The lowest BCUT2D eigenvalue weighted by Gasteiger charge is -2.33. The van der Waals surface area contributed by atoms with Gasteiger partial charge in [0.1, 0.15) is 6.10 Å². The molecular formula is C29H40N4O6. The Balaban J connectivity index is 1.48. The molecule has 1 heterocycles. The van der Waals surface area contributed by atoms with Gasteiger partial charge in [-0.2, -0.15) is 5.10 Å². The Morgan fingerprint density at radius 2 is 1.67 bits per heavy atom. The number of unbranched alkanes of at least 4 members (excludes halogenated alkanes) is 3. The molecule has 10 heteroatoms. The first-order valence-corrected chi connectivity index (χ1v) is 13.9. The van der Waals surface area contributed by atoms with E-state index in [0.717, 1.165) is 43.2 Å². The molecule has 0 radical (unpaired) electrons. The molecule has 3 amide bonds. The lowest BCUT2D eigenvalue weighted by atomic mass is 10.1. The van der Waals surface area contributed by atoms with Gasteiger partial charge in [0.15, 0.2) is 0 Å². The van der Waals surface area contributed by atoms with Crippen molar-refractivity contribution < 1.29 is 29.1 Å². The second-order valence-corrected chi connectivity index (χ2v) is 10.1. The number of hydrogen-bond acceptors (Lipinski definition) is 7. The van der Waals surface area contributed by atoms with Crippen molar-refractivity contribution in [2.75, 3.05) is 0 Å². The van der Waals surface area contributed by atoms with E-state index in [-0.39, 0.29) is 36.4 Å². The summed E-state index contributed by atoms with van der Waals surface area (Å²) in [5, 5.41) is 12.5. The molecule has 1 aliphatic carbocycles. The number of carbonyl (C=O) groups excluding carboxylic acids is 4. The zero-order valence-electron chi connectivity index (χ0n) is 22.5. The van der Waals surface area contributed by atoms with Crippen molar-refractivity contribution in [1.82, 2.24) is 15.8 Å². The van der Waals surface area contributed by atoms with Gasteiger partial charge in [-0.25, -0.2) is 10.9 Å². The van der Waals surface area contributed by atoms with Crippen LogP contribution >= 0.6 is 0 Å². The number of nitrogens with one attached hydrogen (secondary N) is 2. The maximum absolute atomic E-state index is 13.2. The Hall–Kier alpha value is -3.53. The van der Waals surface area contributed by atoms with Crippen LogP contribution in [-0.2, 0) is 30.5 Å². The van der Waals surface area contributed by atoms with Crippen LogP contribution in [-0.4, -0.2) is 52.2 Å². The zero-order valence-corrected chi connectivity index (χ0v) is 22.5. The van der Waals surface area contributed by atoms with Crippen LogP contribution in [0.25, 0.3) is 0 Å². The smallest absolute Gasteiger partial charge is 0.306 e. The highest BCUT2D eigenvalue weighted by molar-refractivity contribution is 5.82. The lowest BCUT2D eigenvalue weighted by molar-refractivity contribution is -0.155. The van der Waals surface area contributed by atoms with E-state index < -0.39 is 5.91 Å². The van der Waals surface area contributed by atoms with Crippen molar-refractivity contribution in [3.63, 3.8) is 0 Å². The maximum Gasteiger partial charge on any atom is 0.306 e. The molecule has 10 nitrogen and oxygen atoms in total. The molecule has 1 fully saturated rings. The quantitative estimate of drug-likeness (QED) is 0.0972. The fraction of sp³-hybridized carbons (Fsp3) is 0.552. The van der Waals surface area contributed by atoms with E-state index in [0.29, 0.717) is 51.5 Å². The van der Waals surface area contributed by atoms with Crippen molar-refractivity contribution in [1.29, 1.82) is 0 Å². The molecule has 0 aromatic heterocycles. The third kappa shape index (κ3) is 10.6. The Kier molecular flexibility index (Phi) is 12.7. The minimum atomic E-state index is -0.398. The van der Waals surface area contributed by atoms with Gasteiger partial charge in [0.2, 0.25) is 17.7 Å². The summed E-state index contributed by atoms with van der Waals surface area (Å²) in [5.41, 5.74) is 5.93. The van der Waals surface area contributed by atoms with Crippen molar-refractivity contribution in [2.45, 2.75) is 102 Å². The van der Waals surface area contributed by atoms with Gasteiger partial charge in [-0.3, -0.25) is 24.4 Å². The molecule has 3 N–H and O–H groups in total. The number of amides is 3. The normalized spacial score (nSPS) is 21.0. The van der Waals surface area contributed by atoms with E-state index in [1.807, 2.05) is 41.3 Å². The molecule has 39 heavy (non-hydrogen) atoms. The number of allylic oxidation sites excluding steroid dienone is 2. The number of carbonyl (C=O) groups is 4. The average molecular weight is 541 g/mol. The number of nitrogens with zero attached hydrogens (tertiary/aromatic N) is 2. The van der Waals surface area contributed by atoms with Gasteiger partial charge in [0, 0.05) is 32.2 Å². The molecule has 212 valence electrons. The third-order valence-corrected chi connectivity index (χ3v) is 7.05. The topological polar surface area (TPSA) is 137 Å². The number of ether oxygens (including phenoxy) is 1. The van der Waals surface area contributed by atoms with Crippen LogP contribution in [0.1, 0.15) is 94.6 Å². The number of hydrazone groups is 1. The fourth-order valence-electron chi connectivity index (χ4n) is 4.93. The Morgan fingerprint density at radius 3 is 2.38 bits per heavy atom. The molecule has 1 aromatic carbocycles. The highest BCUT2D eigenvalue weighted by Crippen LogP contribution is 2.29. The second kappa shape index (κ2) is 16.4. The molecule has 0 spiro atoms. The number of fused-ring (bicyclic) bond motifs is 1. The second-order valence-electron chi connectivity index (χ2n) is 10.1. The van der Waals surface area contributed by atoms with Crippen LogP contribution in [0.2, 0.25) is 0 Å². The molecule has 0 unspecified atom stereocenters. The Labute approximate surface area is 229 Å². The van der Waals surface area contributed by atoms with E-state index in [1.54, 1.807) is 11.7 Å². The number of benzene rings is 1. The summed E-state index contributed by atoms with van der Waals surface area (Å²) in [5.74, 6) is -0.710. The summed E-state index contributed by atoms with van der Waals surface area (Å²) in [6.07, 6.45) is 13.5. The Morgan fingerprint density at radius 1 is 0.974 bits per heavy atom. The van der Waals surface area contributed by atoms with Crippen molar-refractivity contribution in [3.05, 3.63) is 47.5 Å². The minimum absolute atomic E-state index is 0.0668. The summed E-state index contributed by atoms with van der Waals surface area (Å²) < 4.78 is 5.76. The molecule has 3 rings (SSSR count). The largest absolute Gasteiger partial charge is 0.460 e. The molecular weight excluding hydrogens is 500 g/mol. The van der Waals surface area contributed by atoms with Crippen LogP contribution in [0.15, 0.2) is 41.5 Å². The molecule has 0 bridgehead atoms. The predicted octanol–water partition coefficient (Wildman–Crippen LogP) is 3.91. The first-order chi connectivity index (χ1) is 19.0. The number of esters is 1. The fourth-order valence-corrected chi connectivity index (χ4v) is 4.93. The zero-order chi connectivity index (χ0) is 27.9. The molecule has 0 saturated heterocycles. The number of hydroxylamine groups is 1. The van der Waals surface area contributed by atoms with Crippen LogP contribution in [0.4, 0.5) is 0 Å². The lowest BCUT2D eigenvalue weighted by Crippen LogP contribution is -2.45. The van der Waals surface area contributed by atoms with Crippen LogP contribution in [0, 0.1) is 0 Å². The van der Waals surface area contributed by atoms with Gasteiger partial charge in [0.25, 0.3) is 0 Å². The maximum atomic E-state index is 13.2. The molecule has 2 atom stereocenters. The van der Waals surface area contributed by atoms with Gasteiger partial charge in [-0.15, -0.1) is 0 Å². The summed E-state index contributed by atoms with van der Waals surface area (Å²) in [7, 11) is 0. The Bertz CT molecular complexity index is 1020. The number of rotatable bonds is 11. The highest BCUT2D eigenvalue weighted by Gasteiger charge is 2.37. The molecule has 1 aromatic rings. The van der Waals surface area contributed by atoms with Gasteiger partial charge in [-0.05, 0) is 56.1 Å². The van der Waals surface area contributed by atoms with E-state index in [4.69, 9.17) is 9.94 Å². The first-order valence-electron chi connectivity index (χ1n) is 13.9. The molecule has 1 aliphatic heterocycles. The van der Waals surface area contributed by atoms with Gasteiger partial charge in [-0.1, -0.05) is 49.3 Å². The average Bonchev–Trinajstić information content (AvgIpc) is 3.38. The van der Waals surface area contributed by atoms with Crippen molar-refractivity contribution in [2.24, 2.45) is 5.10 Å². The third-order valence-electron chi connectivity index (χ3n) is 7.05. The summed E-state index contributed by atoms with van der Waals surface area (Å²) in [6, 6.07) is 7.56. The monoisotopic (exact) mass is 540 g/mol. The summed E-state index contributed by atoms with van der Waals surface area (Å²) >= 11 is 0. The van der Waals surface area contributed by atoms with Crippen LogP contribution in [0.3, 0.4) is 0 Å². The predicted molar refractivity (Wildman–Crippen MR) is 145 cm³/mol. The van der Waals surface area contributed by atoms with Crippen molar-refractivity contribution in [3.8, 4) is 0 Å². The molecule has 1 saturated carbocycles.